The number of hydrogen-bond acceptors (Lipinski definition) is 6. The van der Waals surface area contributed by atoms with Gasteiger partial charge in [-0.05, 0) is 68.4 Å². The van der Waals surface area contributed by atoms with Crippen LogP contribution >= 0.6 is 0 Å². The fourth-order valence-electron chi connectivity index (χ4n) is 5.66. The van der Waals surface area contributed by atoms with Gasteiger partial charge >= 0.3 is 11.7 Å². The third-order valence-electron chi connectivity index (χ3n) is 7.37. The summed E-state index contributed by atoms with van der Waals surface area (Å²) in [5.74, 6) is 2.08. The van der Waals surface area contributed by atoms with Gasteiger partial charge in [-0.3, -0.25) is 4.57 Å². The Labute approximate surface area is 216 Å². The second-order valence-electron chi connectivity index (χ2n) is 9.97. The number of primary amides is 1. The minimum absolute atomic E-state index is 0.0790. The number of nitrogens with zero attached hydrogens (tertiary/aromatic N) is 3. The molecule has 1 fully saturated rings. The Kier molecular flexibility index (Phi) is 6.31. The van der Waals surface area contributed by atoms with Gasteiger partial charge in [0.15, 0.2) is 11.5 Å². The van der Waals surface area contributed by atoms with Gasteiger partial charge in [0.25, 0.3) is 0 Å². The monoisotopic (exact) mass is 503 g/mol. The van der Waals surface area contributed by atoms with E-state index in [2.05, 4.69) is 48.1 Å². The number of carbonyl (C=O) groups is 1. The van der Waals surface area contributed by atoms with E-state index in [-0.39, 0.29) is 17.6 Å². The molecule has 0 saturated heterocycles. The number of aryl methyl sites for hydroxylation is 4. The summed E-state index contributed by atoms with van der Waals surface area (Å²) in [5.41, 5.74) is 12.3. The van der Waals surface area contributed by atoms with Gasteiger partial charge in [0.1, 0.15) is 5.82 Å². The van der Waals surface area contributed by atoms with Crippen molar-refractivity contribution in [2.45, 2.75) is 46.2 Å². The molecule has 2 atom stereocenters. The minimum Gasteiger partial charge on any atom is -0.493 e. The average Bonchev–Trinajstić information content (AvgIpc) is 3.62. The zero-order valence-electron chi connectivity index (χ0n) is 21.9. The summed E-state index contributed by atoms with van der Waals surface area (Å²) in [7, 11) is 3.23. The van der Waals surface area contributed by atoms with E-state index >= 15 is 0 Å². The van der Waals surface area contributed by atoms with E-state index in [1.54, 1.807) is 18.8 Å². The van der Waals surface area contributed by atoms with E-state index in [0.29, 0.717) is 36.8 Å². The Morgan fingerprint density at radius 2 is 1.78 bits per heavy atom. The number of anilines is 2. The van der Waals surface area contributed by atoms with Gasteiger partial charge in [0.05, 0.1) is 19.9 Å². The molecule has 9 nitrogen and oxygen atoms in total. The van der Waals surface area contributed by atoms with Crippen molar-refractivity contribution in [2.75, 3.05) is 25.7 Å². The number of benzene rings is 2. The van der Waals surface area contributed by atoms with Crippen LogP contribution in [0.3, 0.4) is 0 Å². The first-order chi connectivity index (χ1) is 17.7. The molecule has 2 heterocycles. The molecule has 0 spiro atoms. The molecule has 2 aliphatic rings. The topological polar surface area (TPSA) is 112 Å². The Morgan fingerprint density at radius 3 is 2.43 bits per heavy atom. The molecule has 3 N–H and O–H groups in total. The minimum atomic E-state index is -0.536. The van der Waals surface area contributed by atoms with Crippen LogP contribution in [0.25, 0.3) is 11.3 Å². The number of hydrogen-bond donors (Lipinski definition) is 2. The smallest absolute Gasteiger partial charge is 0.350 e. The molecule has 9 heteroatoms. The van der Waals surface area contributed by atoms with Crippen LogP contribution in [0.15, 0.2) is 35.1 Å². The van der Waals surface area contributed by atoms with E-state index < -0.39 is 6.03 Å². The van der Waals surface area contributed by atoms with Gasteiger partial charge < -0.3 is 25.4 Å². The maximum absolute atomic E-state index is 13.4. The third-order valence-corrected chi connectivity index (χ3v) is 7.37. The van der Waals surface area contributed by atoms with Crippen molar-refractivity contribution in [2.24, 2.45) is 11.7 Å². The number of ether oxygens (including phenoxy) is 2. The highest BCUT2D eigenvalue weighted by Crippen LogP contribution is 2.46. The number of fused-ring (bicyclic) bond motifs is 3. The number of nitrogens with two attached hydrogens (primary N) is 1. The number of carbonyl (C=O) groups excluding carboxylic acids is 1. The van der Waals surface area contributed by atoms with Crippen LogP contribution in [0.5, 0.6) is 11.5 Å². The van der Waals surface area contributed by atoms with Gasteiger partial charge in [-0.25, -0.2) is 9.59 Å². The van der Waals surface area contributed by atoms with E-state index in [0.717, 1.165) is 40.1 Å². The van der Waals surface area contributed by atoms with Crippen LogP contribution in [0.4, 0.5) is 16.3 Å². The lowest BCUT2D eigenvalue weighted by Crippen LogP contribution is -2.35. The summed E-state index contributed by atoms with van der Waals surface area (Å²) in [4.78, 5) is 31.5. The molecule has 0 bridgehead atoms. The molecule has 2 unspecified atom stereocenters. The fourth-order valence-corrected chi connectivity index (χ4v) is 5.66. The Hall–Kier alpha value is -4.01. The second kappa shape index (κ2) is 9.46. The summed E-state index contributed by atoms with van der Waals surface area (Å²) in [6.45, 7) is 7.26. The molecule has 1 aliphatic heterocycles. The molecule has 2 aromatic carbocycles. The number of aromatic nitrogens is 2. The van der Waals surface area contributed by atoms with Crippen molar-refractivity contribution in [1.29, 1.82) is 0 Å². The summed E-state index contributed by atoms with van der Waals surface area (Å²) in [6.07, 6.45) is 1.56. The van der Waals surface area contributed by atoms with Gasteiger partial charge in [-0.15, -0.1) is 0 Å². The zero-order valence-corrected chi connectivity index (χ0v) is 21.9. The lowest BCUT2D eigenvalue weighted by Gasteiger charge is -2.30. The average molecular weight is 504 g/mol. The van der Waals surface area contributed by atoms with Crippen LogP contribution in [0, 0.1) is 26.7 Å². The number of urea groups is 1. The second-order valence-corrected chi connectivity index (χ2v) is 9.97. The largest absolute Gasteiger partial charge is 0.493 e. The van der Waals surface area contributed by atoms with Crippen molar-refractivity contribution in [1.82, 2.24) is 14.9 Å². The van der Waals surface area contributed by atoms with E-state index in [4.69, 9.17) is 15.2 Å². The lowest BCUT2D eigenvalue weighted by atomic mass is 9.96. The Morgan fingerprint density at radius 1 is 1.11 bits per heavy atom. The number of nitrogens with one attached hydrogen (secondary N) is 1. The van der Waals surface area contributed by atoms with Gasteiger partial charge in [0, 0.05) is 36.4 Å². The predicted octanol–water partition coefficient (Wildman–Crippen LogP) is 3.60. The maximum atomic E-state index is 13.4. The molecular formula is C28H33N5O4. The predicted molar refractivity (Wildman–Crippen MR) is 143 cm³/mol. The first-order valence-corrected chi connectivity index (χ1v) is 12.5. The molecule has 194 valence electrons. The molecule has 1 aromatic heterocycles. The van der Waals surface area contributed by atoms with Crippen LogP contribution in [-0.4, -0.2) is 42.4 Å². The summed E-state index contributed by atoms with van der Waals surface area (Å²) >= 11 is 0. The number of amides is 2. The fraction of sp³-hybridized carbons (Fsp3) is 0.393. The van der Waals surface area contributed by atoms with Crippen molar-refractivity contribution in [3.63, 3.8) is 0 Å². The number of rotatable bonds is 7. The van der Waals surface area contributed by atoms with Crippen molar-refractivity contribution < 1.29 is 14.3 Å². The molecule has 2 amide bonds. The molecular weight excluding hydrogens is 470 g/mol. The first kappa shape index (κ1) is 24.7. The quantitative estimate of drug-likeness (QED) is 0.510. The van der Waals surface area contributed by atoms with Crippen molar-refractivity contribution >= 4 is 17.5 Å². The van der Waals surface area contributed by atoms with Gasteiger partial charge in [-0.1, -0.05) is 17.7 Å². The summed E-state index contributed by atoms with van der Waals surface area (Å²) < 4.78 is 12.8. The van der Waals surface area contributed by atoms with Crippen LogP contribution in [0.1, 0.15) is 28.7 Å². The highest BCUT2D eigenvalue weighted by atomic mass is 16.5. The van der Waals surface area contributed by atoms with Crippen LogP contribution < -0.4 is 31.1 Å². The molecule has 0 radical (unpaired) electrons. The summed E-state index contributed by atoms with van der Waals surface area (Å²) in [5, 5.41) is 2.73. The lowest BCUT2D eigenvalue weighted by molar-refractivity contribution is 0.248. The first-order valence-electron chi connectivity index (χ1n) is 12.5. The SMILES string of the molecule is COc1cc2c(cc1OC)-c1cc(N(c3c(C)cc(C)cc3C)C3CC3CNC(N)=O)nc(=O)n1CC2. The Bertz CT molecular complexity index is 1420. The number of methoxy groups -OCH3 is 2. The van der Waals surface area contributed by atoms with E-state index in [1.807, 2.05) is 18.2 Å². The van der Waals surface area contributed by atoms with Crippen LogP contribution in [0.2, 0.25) is 0 Å². The molecule has 1 aliphatic carbocycles. The van der Waals surface area contributed by atoms with Crippen molar-refractivity contribution in [3.05, 3.63) is 63.1 Å². The highest BCUT2D eigenvalue weighted by Gasteiger charge is 2.44. The Balaban J connectivity index is 1.66. The van der Waals surface area contributed by atoms with Gasteiger partial charge in [0.2, 0.25) is 0 Å². The van der Waals surface area contributed by atoms with Crippen LogP contribution in [-0.2, 0) is 13.0 Å². The van der Waals surface area contributed by atoms with E-state index in [9.17, 15) is 9.59 Å². The van der Waals surface area contributed by atoms with E-state index in [1.165, 1.54) is 5.56 Å². The molecule has 5 rings (SSSR count). The maximum Gasteiger partial charge on any atom is 0.350 e. The highest BCUT2D eigenvalue weighted by molar-refractivity contribution is 5.76. The molecule has 3 aromatic rings. The van der Waals surface area contributed by atoms with Gasteiger partial charge in [-0.2, -0.15) is 4.98 Å². The molecule has 1 saturated carbocycles. The third kappa shape index (κ3) is 4.50. The standard InChI is InChI=1S/C28H33N5O4/c1-15-8-16(2)26(17(3)9-15)33(21-10-19(21)14-30-27(29)34)25-13-22-20-12-24(37-5)23(36-4)11-18(20)6-7-32(22)28(35)31-25/h8-9,11-13,19,21H,6-7,10,14H2,1-5H3,(H3,29,30,34). The normalized spacial score (nSPS) is 17.4. The summed E-state index contributed by atoms with van der Waals surface area (Å²) in [6, 6.07) is 9.76. The molecule has 37 heavy (non-hydrogen) atoms. The zero-order chi connectivity index (χ0) is 26.4. The van der Waals surface area contributed by atoms with Crippen molar-refractivity contribution in [3.8, 4) is 22.8 Å².